The SMILES string of the molecule is Cc1cc(CN(C)C(C)C(=O)N2CCOCC2)cc(C)c1OCC(F)(F)F. The molecule has 1 amide bonds. The number of aryl methyl sites for hydroxylation is 2. The smallest absolute Gasteiger partial charge is 0.422 e. The van der Waals surface area contributed by atoms with Crippen molar-refractivity contribution in [3.63, 3.8) is 0 Å². The molecule has 0 aromatic heterocycles. The first kappa shape index (κ1) is 21.5. The number of morpholine rings is 1. The van der Waals surface area contributed by atoms with Crippen LogP contribution < -0.4 is 4.74 Å². The maximum atomic E-state index is 12.6. The molecule has 27 heavy (non-hydrogen) atoms. The van der Waals surface area contributed by atoms with Crippen molar-refractivity contribution in [3.05, 3.63) is 28.8 Å². The number of amides is 1. The molecule has 1 aromatic carbocycles. The van der Waals surface area contributed by atoms with Crippen molar-refractivity contribution < 1.29 is 27.4 Å². The van der Waals surface area contributed by atoms with E-state index >= 15 is 0 Å². The van der Waals surface area contributed by atoms with E-state index in [1.54, 1.807) is 30.9 Å². The second-order valence-electron chi connectivity index (χ2n) is 6.99. The molecule has 1 fully saturated rings. The third kappa shape index (κ3) is 6.10. The number of ether oxygens (including phenoxy) is 2. The van der Waals surface area contributed by atoms with E-state index in [0.29, 0.717) is 44.0 Å². The van der Waals surface area contributed by atoms with Crippen molar-refractivity contribution in [3.8, 4) is 5.75 Å². The van der Waals surface area contributed by atoms with Crippen LogP contribution in [0.2, 0.25) is 0 Å². The monoisotopic (exact) mass is 388 g/mol. The van der Waals surface area contributed by atoms with Crippen LogP contribution in [-0.2, 0) is 16.1 Å². The molecular formula is C19H27F3N2O3. The lowest BCUT2D eigenvalue weighted by Crippen LogP contribution is -2.49. The minimum absolute atomic E-state index is 0.0550. The summed E-state index contributed by atoms with van der Waals surface area (Å²) >= 11 is 0. The molecule has 1 unspecified atom stereocenters. The van der Waals surface area contributed by atoms with Crippen LogP contribution in [0.4, 0.5) is 13.2 Å². The van der Waals surface area contributed by atoms with E-state index in [9.17, 15) is 18.0 Å². The fraction of sp³-hybridized carbons (Fsp3) is 0.632. The molecule has 1 aromatic rings. The number of hydrogen-bond acceptors (Lipinski definition) is 4. The van der Waals surface area contributed by atoms with Crippen LogP contribution in [0.15, 0.2) is 12.1 Å². The maximum Gasteiger partial charge on any atom is 0.422 e. The first-order chi connectivity index (χ1) is 12.6. The van der Waals surface area contributed by atoms with Gasteiger partial charge in [-0.3, -0.25) is 9.69 Å². The van der Waals surface area contributed by atoms with Gasteiger partial charge in [-0.1, -0.05) is 12.1 Å². The summed E-state index contributed by atoms with van der Waals surface area (Å²) in [5, 5.41) is 0. The second kappa shape index (κ2) is 8.93. The van der Waals surface area contributed by atoms with Gasteiger partial charge in [0.2, 0.25) is 5.91 Å². The molecule has 152 valence electrons. The summed E-state index contributed by atoms with van der Waals surface area (Å²) < 4.78 is 47.4. The van der Waals surface area contributed by atoms with Gasteiger partial charge in [-0.15, -0.1) is 0 Å². The zero-order chi connectivity index (χ0) is 20.2. The zero-order valence-electron chi connectivity index (χ0n) is 16.2. The third-order valence-electron chi connectivity index (χ3n) is 4.67. The lowest BCUT2D eigenvalue weighted by molar-refractivity contribution is -0.153. The molecule has 1 aliphatic rings. The van der Waals surface area contributed by atoms with Crippen molar-refractivity contribution in [2.24, 2.45) is 0 Å². The topological polar surface area (TPSA) is 42.0 Å². The number of hydrogen-bond donors (Lipinski definition) is 0. The Bertz CT molecular complexity index is 635. The summed E-state index contributed by atoms with van der Waals surface area (Å²) in [5.74, 6) is 0.315. The Kier molecular flexibility index (Phi) is 7.11. The van der Waals surface area contributed by atoms with Gasteiger partial charge in [0.15, 0.2) is 6.61 Å². The zero-order valence-corrected chi connectivity index (χ0v) is 16.2. The standard InChI is InChI=1S/C19H27F3N2O3/c1-13-9-16(10-14(2)17(13)27-12-19(20,21)22)11-23(4)15(3)18(25)24-5-7-26-8-6-24/h9-10,15H,5-8,11-12H2,1-4H3. The van der Waals surface area contributed by atoms with Crippen LogP contribution in [0.1, 0.15) is 23.6 Å². The first-order valence-corrected chi connectivity index (χ1v) is 8.95. The van der Waals surface area contributed by atoms with Crippen molar-refractivity contribution in [1.82, 2.24) is 9.80 Å². The number of likely N-dealkylation sites (N-methyl/N-ethyl adjacent to an activating group) is 1. The molecule has 5 nitrogen and oxygen atoms in total. The Balaban J connectivity index is 2.02. The summed E-state index contributed by atoms with van der Waals surface area (Å²) in [6.07, 6.45) is -4.37. The van der Waals surface area contributed by atoms with Crippen molar-refractivity contribution >= 4 is 5.91 Å². The number of halogens is 3. The molecule has 2 rings (SSSR count). The van der Waals surface area contributed by atoms with Gasteiger partial charge in [-0.2, -0.15) is 13.2 Å². The molecule has 0 saturated carbocycles. The fourth-order valence-corrected chi connectivity index (χ4v) is 3.17. The second-order valence-corrected chi connectivity index (χ2v) is 6.99. The van der Waals surface area contributed by atoms with E-state index in [2.05, 4.69) is 0 Å². The van der Waals surface area contributed by atoms with Crippen LogP contribution in [0.25, 0.3) is 0 Å². The summed E-state index contributed by atoms with van der Waals surface area (Å²) in [6, 6.07) is 3.31. The average molecular weight is 388 g/mol. The third-order valence-corrected chi connectivity index (χ3v) is 4.67. The highest BCUT2D eigenvalue weighted by Crippen LogP contribution is 2.27. The fourth-order valence-electron chi connectivity index (χ4n) is 3.17. The number of rotatable bonds is 6. The molecule has 1 saturated heterocycles. The Morgan fingerprint density at radius 2 is 1.81 bits per heavy atom. The lowest BCUT2D eigenvalue weighted by atomic mass is 10.0. The first-order valence-electron chi connectivity index (χ1n) is 8.95. The quantitative estimate of drug-likeness (QED) is 0.752. The summed E-state index contributed by atoms with van der Waals surface area (Å²) in [6.45, 7) is 6.83. The van der Waals surface area contributed by atoms with Crippen molar-refractivity contribution in [2.45, 2.75) is 39.5 Å². The number of nitrogens with zero attached hydrogens (tertiary/aromatic N) is 2. The van der Waals surface area contributed by atoms with E-state index in [1.165, 1.54) is 0 Å². The normalized spacial score (nSPS) is 16.5. The predicted molar refractivity (Wildman–Crippen MR) is 95.8 cm³/mol. The number of carbonyl (C=O) groups is 1. The van der Waals surface area contributed by atoms with Gasteiger partial charge in [-0.05, 0) is 44.5 Å². The van der Waals surface area contributed by atoms with Gasteiger partial charge < -0.3 is 14.4 Å². The molecular weight excluding hydrogens is 361 g/mol. The Hall–Kier alpha value is -1.80. The average Bonchev–Trinajstić information content (AvgIpc) is 2.59. The van der Waals surface area contributed by atoms with Gasteiger partial charge in [0.25, 0.3) is 0 Å². The van der Waals surface area contributed by atoms with Crippen molar-refractivity contribution in [1.29, 1.82) is 0 Å². The van der Waals surface area contributed by atoms with E-state index in [0.717, 1.165) is 5.56 Å². The number of alkyl halides is 3. The minimum atomic E-state index is -4.37. The van der Waals surface area contributed by atoms with E-state index in [1.807, 2.05) is 18.9 Å². The van der Waals surface area contributed by atoms with Gasteiger partial charge in [-0.25, -0.2) is 0 Å². The molecule has 0 spiro atoms. The van der Waals surface area contributed by atoms with Gasteiger partial charge in [0, 0.05) is 19.6 Å². The molecule has 8 heteroatoms. The molecule has 0 bridgehead atoms. The summed E-state index contributed by atoms with van der Waals surface area (Å²) in [4.78, 5) is 16.3. The highest BCUT2D eigenvalue weighted by molar-refractivity contribution is 5.81. The van der Waals surface area contributed by atoms with Gasteiger partial charge >= 0.3 is 6.18 Å². The Labute approximate surface area is 158 Å². The molecule has 0 radical (unpaired) electrons. The molecule has 0 aliphatic carbocycles. The number of carbonyl (C=O) groups excluding carboxylic acids is 1. The molecule has 1 aliphatic heterocycles. The lowest BCUT2D eigenvalue weighted by Gasteiger charge is -2.32. The molecule has 1 heterocycles. The van der Waals surface area contributed by atoms with Crippen LogP contribution in [-0.4, -0.2) is 67.9 Å². The van der Waals surface area contributed by atoms with Crippen molar-refractivity contribution in [2.75, 3.05) is 40.0 Å². The van der Waals surface area contributed by atoms with Gasteiger partial charge in [0.05, 0.1) is 19.3 Å². The predicted octanol–water partition coefficient (Wildman–Crippen LogP) is 2.92. The maximum absolute atomic E-state index is 12.6. The number of benzene rings is 1. The van der Waals surface area contributed by atoms with Gasteiger partial charge in [0.1, 0.15) is 5.75 Å². The van der Waals surface area contributed by atoms with E-state index in [4.69, 9.17) is 9.47 Å². The highest BCUT2D eigenvalue weighted by atomic mass is 19.4. The molecule has 0 N–H and O–H groups in total. The summed E-state index contributed by atoms with van der Waals surface area (Å²) in [5.41, 5.74) is 2.22. The minimum Gasteiger partial charge on any atom is -0.484 e. The van der Waals surface area contributed by atoms with E-state index in [-0.39, 0.29) is 17.7 Å². The largest absolute Gasteiger partial charge is 0.484 e. The van der Waals surface area contributed by atoms with E-state index < -0.39 is 12.8 Å². The van der Waals surface area contributed by atoms with Crippen LogP contribution in [0.3, 0.4) is 0 Å². The molecule has 1 atom stereocenters. The summed E-state index contributed by atoms with van der Waals surface area (Å²) in [7, 11) is 1.86. The Morgan fingerprint density at radius 3 is 2.33 bits per heavy atom. The Morgan fingerprint density at radius 1 is 1.26 bits per heavy atom. The van der Waals surface area contributed by atoms with Crippen LogP contribution in [0.5, 0.6) is 5.75 Å². The highest BCUT2D eigenvalue weighted by Gasteiger charge is 2.29. The van der Waals surface area contributed by atoms with Crippen LogP contribution >= 0.6 is 0 Å². The van der Waals surface area contributed by atoms with Crippen LogP contribution in [0, 0.1) is 13.8 Å².